The number of halogens is 1. The van der Waals surface area contributed by atoms with E-state index in [0.717, 1.165) is 25.3 Å². The van der Waals surface area contributed by atoms with Crippen LogP contribution in [-0.4, -0.2) is 29.4 Å². The Morgan fingerprint density at radius 3 is 2.48 bits per heavy atom. The number of amides is 1. The highest BCUT2D eigenvalue weighted by Crippen LogP contribution is 2.30. The van der Waals surface area contributed by atoms with Gasteiger partial charge in [-0.2, -0.15) is 0 Å². The molecule has 124 valence electrons. The molecule has 1 aliphatic rings. The van der Waals surface area contributed by atoms with Gasteiger partial charge in [-0.1, -0.05) is 30.9 Å². The maximum Gasteiger partial charge on any atom is 0.331 e. The van der Waals surface area contributed by atoms with Gasteiger partial charge in [0, 0.05) is 12.1 Å². The summed E-state index contributed by atoms with van der Waals surface area (Å²) in [6.07, 6.45) is 3.60. The highest BCUT2D eigenvalue weighted by Gasteiger charge is 2.42. The third-order valence-corrected chi connectivity index (χ3v) is 4.36. The zero-order valence-corrected chi connectivity index (χ0v) is 13.4. The van der Waals surface area contributed by atoms with Crippen molar-refractivity contribution in [2.45, 2.75) is 37.6 Å². The van der Waals surface area contributed by atoms with Gasteiger partial charge in [-0.3, -0.25) is 14.9 Å². The lowest BCUT2D eigenvalue weighted by molar-refractivity contribution is -0.384. The van der Waals surface area contributed by atoms with Crippen molar-refractivity contribution in [3.05, 3.63) is 38.9 Å². The van der Waals surface area contributed by atoms with Gasteiger partial charge in [-0.15, -0.1) is 0 Å². The van der Waals surface area contributed by atoms with E-state index in [4.69, 9.17) is 16.3 Å². The molecule has 1 amide bonds. The molecule has 0 saturated heterocycles. The molecule has 1 saturated carbocycles. The van der Waals surface area contributed by atoms with Crippen LogP contribution in [0.3, 0.4) is 0 Å². The first-order chi connectivity index (χ1) is 10.9. The van der Waals surface area contributed by atoms with Crippen LogP contribution in [-0.2, 0) is 9.53 Å². The summed E-state index contributed by atoms with van der Waals surface area (Å²) in [4.78, 5) is 34.7. The highest BCUT2D eigenvalue weighted by atomic mass is 35.5. The molecule has 8 heteroatoms. The van der Waals surface area contributed by atoms with Crippen LogP contribution in [0.2, 0.25) is 5.02 Å². The summed E-state index contributed by atoms with van der Waals surface area (Å²) >= 11 is 5.96. The van der Waals surface area contributed by atoms with Crippen molar-refractivity contribution in [3.63, 3.8) is 0 Å². The van der Waals surface area contributed by atoms with E-state index in [2.05, 4.69) is 5.32 Å². The van der Waals surface area contributed by atoms with Gasteiger partial charge < -0.3 is 10.1 Å². The first kappa shape index (κ1) is 17.2. The second kappa shape index (κ2) is 6.95. The number of hydrogen-bond acceptors (Lipinski definition) is 5. The quantitative estimate of drug-likeness (QED) is 0.516. The third-order valence-electron chi connectivity index (χ3n) is 4.04. The van der Waals surface area contributed by atoms with Crippen LogP contribution in [0.25, 0.3) is 0 Å². The standard InChI is InChI=1S/C15H17ClN2O5/c1-23-14(20)15(7-3-2-4-8-15)17-13(19)11-6-5-10(18(21)22)9-12(11)16/h5-6,9H,2-4,7-8H2,1H3,(H,17,19). The van der Waals surface area contributed by atoms with E-state index in [1.807, 2.05) is 0 Å². The summed E-state index contributed by atoms with van der Waals surface area (Å²) in [6, 6.07) is 3.60. The number of nitro groups is 1. The summed E-state index contributed by atoms with van der Waals surface area (Å²) in [6.45, 7) is 0. The SMILES string of the molecule is COC(=O)C1(NC(=O)c2ccc([N+](=O)[O-])cc2Cl)CCCCC1. The number of hydrogen-bond donors (Lipinski definition) is 1. The van der Waals surface area contributed by atoms with Gasteiger partial charge in [0.05, 0.1) is 22.6 Å². The largest absolute Gasteiger partial charge is 0.467 e. The lowest BCUT2D eigenvalue weighted by Crippen LogP contribution is -2.56. The molecule has 0 radical (unpaired) electrons. The van der Waals surface area contributed by atoms with E-state index in [1.165, 1.54) is 19.2 Å². The van der Waals surface area contributed by atoms with E-state index in [1.54, 1.807) is 0 Å². The van der Waals surface area contributed by atoms with Crippen molar-refractivity contribution in [1.29, 1.82) is 0 Å². The van der Waals surface area contributed by atoms with Gasteiger partial charge >= 0.3 is 5.97 Å². The molecule has 7 nitrogen and oxygen atoms in total. The number of ether oxygens (including phenoxy) is 1. The molecule has 1 fully saturated rings. The predicted molar refractivity (Wildman–Crippen MR) is 83.4 cm³/mol. The molecule has 1 aliphatic carbocycles. The molecule has 0 aliphatic heterocycles. The Balaban J connectivity index is 2.25. The number of nitrogens with one attached hydrogen (secondary N) is 1. The number of nitrogens with zero attached hydrogens (tertiary/aromatic N) is 1. The Kier molecular flexibility index (Phi) is 5.20. The lowest BCUT2D eigenvalue weighted by atomic mass is 9.81. The second-order valence-electron chi connectivity index (χ2n) is 5.51. The average molecular weight is 341 g/mol. The van der Waals surface area contributed by atoms with Crippen molar-refractivity contribution in [3.8, 4) is 0 Å². The molecular weight excluding hydrogens is 324 g/mol. The van der Waals surface area contributed by atoms with Gasteiger partial charge in [0.1, 0.15) is 5.54 Å². The van der Waals surface area contributed by atoms with Crippen LogP contribution >= 0.6 is 11.6 Å². The van der Waals surface area contributed by atoms with E-state index in [0.29, 0.717) is 12.8 Å². The first-order valence-electron chi connectivity index (χ1n) is 7.24. The van der Waals surface area contributed by atoms with Crippen molar-refractivity contribution < 1.29 is 19.2 Å². The number of rotatable bonds is 4. The number of nitro benzene ring substituents is 1. The van der Waals surface area contributed by atoms with E-state index in [9.17, 15) is 19.7 Å². The van der Waals surface area contributed by atoms with E-state index >= 15 is 0 Å². The number of benzene rings is 1. The molecular formula is C15H17ClN2O5. The Hall–Kier alpha value is -2.15. The Labute approximate surface area is 138 Å². The molecule has 1 N–H and O–H groups in total. The predicted octanol–water partition coefficient (Wildman–Crippen LogP) is 2.85. The summed E-state index contributed by atoms with van der Waals surface area (Å²) in [7, 11) is 1.28. The van der Waals surface area contributed by atoms with E-state index < -0.39 is 22.3 Å². The number of carbonyl (C=O) groups excluding carboxylic acids is 2. The molecule has 1 aromatic carbocycles. The average Bonchev–Trinajstić information content (AvgIpc) is 2.54. The molecule has 23 heavy (non-hydrogen) atoms. The van der Waals surface area contributed by atoms with Crippen LogP contribution in [0, 0.1) is 10.1 Å². The fourth-order valence-electron chi connectivity index (χ4n) is 2.82. The van der Waals surface area contributed by atoms with Crippen molar-refractivity contribution in [1.82, 2.24) is 5.32 Å². The Bertz CT molecular complexity index is 641. The number of carbonyl (C=O) groups is 2. The van der Waals surface area contributed by atoms with Gasteiger partial charge in [-0.25, -0.2) is 4.79 Å². The van der Waals surface area contributed by atoms with Crippen molar-refractivity contribution in [2.75, 3.05) is 7.11 Å². The summed E-state index contributed by atoms with van der Waals surface area (Å²) in [5, 5.41) is 13.4. The fraction of sp³-hybridized carbons (Fsp3) is 0.467. The van der Waals surface area contributed by atoms with Crippen LogP contribution in [0.1, 0.15) is 42.5 Å². The van der Waals surface area contributed by atoms with Crippen LogP contribution < -0.4 is 5.32 Å². The molecule has 0 bridgehead atoms. The summed E-state index contributed by atoms with van der Waals surface area (Å²) < 4.78 is 4.83. The molecule has 0 spiro atoms. The number of non-ortho nitro benzene ring substituents is 1. The van der Waals surface area contributed by atoms with E-state index in [-0.39, 0.29) is 16.3 Å². The van der Waals surface area contributed by atoms with Crippen LogP contribution in [0.15, 0.2) is 18.2 Å². The van der Waals surface area contributed by atoms with Crippen molar-refractivity contribution in [2.24, 2.45) is 0 Å². The zero-order chi connectivity index (χ0) is 17.0. The van der Waals surface area contributed by atoms with Crippen LogP contribution in [0.5, 0.6) is 0 Å². The zero-order valence-electron chi connectivity index (χ0n) is 12.6. The minimum Gasteiger partial charge on any atom is -0.467 e. The number of esters is 1. The maximum atomic E-state index is 12.5. The maximum absolute atomic E-state index is 12.5. The van der Waals surface area contributed by atoms with Gasteiger partial charge in [-0.05, 0) is 18.9 Å². The summed E-state index contributed by atoms with van der Waals surface area (Å²) in [5.74, 6) is -1.03. The monoisotopic (exact) mass is 340 g/mol. The molecule has 0 atom stereocenters. The Morgan fingerprint density at radius 1 is 1.30 bits per heavy atom. The van der Waals surface area contributed by atoms with Gasteiger partial charge in [0.15, 0.2) is 0 Å². The normalized spacial score (nSPS) is 16.4. The smallest absolute Gasteiger partial charge is 0.331 e. The van der Waals surface area contributed by atoms with Crippen LogP contribution in [0.4, 0.5) is 5.69 Å². The molecule has 0 heterocycles. The highest BCUT2D eigenvalue weighted by molar-refractivity contribution is 6.34. The molecule has 0 aromatic heterocycles. The Morgan fingerprint density at radius 2 is 1.96 bits per heavy atom. The third kappa shape index (κ3) is 3.61. The van der Waals surface area contributed by atoms with Gasteiger partial charge in [0.2, 0.25) is 0 Å². The molecule has 2 rings (SSSR count). The minimum absolute atomic E-state index is 0.0347. The van der Waals surface area contributed by atoms with Crippen molar-refractivity contribution >= 4 is 29.2 Å². The minimum atomic E-state index is -1.06. The molecule has 1 aromatic rings. The summed E-state index contributed by atoms with van der Waals surface area (Å²) in [5.41, 5.74) is -1.17. The lowest BCUT2D eigenvalue weighted by Gasteiger charge is -2.35. The molecule has 0 unspecified atom stereocenters. The second-order valence-corrected chi connectivity index (χ2v) is 5.92. The van der Waals surface area contributed by atoms with Gasteiger partial charge in [0.25, 0.3) is 11.6 Å². The first-order valence-corrected chi connectivity index (χ1v) is 7.62. The number of methoxy groups -OCH3 is 1. The topological polar surface area (TPSA) is 98.5 Å². The fourth-order valence-corrected chi connectivity index (χ4v) is 3.08.